The zero-order chi connectivity index (χ0) is 14.3. The molecule has 5 nitrogen and oxygen atoms in total. The van der Waals surface area contributed by atoms with Gasteiger partial charge in [0.25, 0.3) is 10.2 Å². The van der Waals surface area contributed by atoms with E-state index in [0.717, 1.165) is 38.8 Å². The van der Waals surface area contributed by atoms with Crippen LogP contribution in [0.4, 0.5) is 0 Å². The number of nitrogens with one attached hydrogen (secondary N) is 1. The van der Waals surface area contributed by atoms with Crippen LogP contribution in [0.5, 0.6) is 0 Å². The molecule has 1 saturated heterocycles. The molecule has 0 radical (unpaired) electrons. The van der Waals surface area contributed by atoms with Crippen molar-refractivity contribution in [2.24, 2.45) is 5.92 Å². The molecule has 0 bridgehead atoms. The largest absolute Gasteiger partial charge is 0.317 e. The van der Waals surface area contributed by atoms with Crippen molar-refractivity contribution >= 4 is 10.2 Å². The number of rotatable bonds is 7. The van der Waals surface area contributed by atoms with Crippen LogP contribution in [0, 0.1) is 5.92 Å². The highest BCUT2D eigenvalue weighted by Crippen LogP contribution is 2.19. The summed E-state index contributed by atoms with van der Waals surface area (Å²) in [5.74, 6) is 0.638. The minimum Gasteiger partial charge on any atom is -0.317 e. The van der Waals surface area contributed by atoms with Crippen LogP contribution in [-0.2, 0) is 10.2 Å². The van der Waals surface area contributed by atoms with Gasteiger partial charge in [-0.05, 0) is 44.7 Å². The molecule has 1 fully saturated rings. The van der Waals surface area contributed by atoms with Crippen molar-refractivity contribution in [1.82, 2.24) is 13.9 Å². The summed E-state index contributed by atoms with van der Waals surface area (Å²) < 4.78 is 28.0. The molecule has 1 N–H and O–H groups in total. The monoisotopic (exact) mass is 291 g/mol. The Labute approximate surface area is 118 Å². The van der Waals surface area contributed by atoms with E-state index < -0.39 is 10.2 Å². The van der Waals surface area contributed by atoms with Crippen molar-refractivity contribution in [3.63, 3.8) is 0 Å². The van der Waals surface area contributed by atoms with E-state index in [1.807, 2.05) is 0 Å². The third kappa shape index (κ3) is 5.38. The lowest BCUT2D eigenvalue weighted by Gasteiger charge is -2.26. The summed E-state index contributed by atoms with van der Waals surface area (Å²) in [5.41, 5.74) is 0. The maximum Gasteiger partial charge on any atom is 0.281 e. The Kier molecular flexibility index (Phi) is 7.28. The molecule has 1 aliphatic rings. The van der Waals surface area contributed by atoms with Crippen molar-refractivity contribution < 1.29 is 8.42 Å². The molecule has 0 saturated carbocycles. The topological polar surface area (TPSA) is 52.7 Å². The van der Waals surface area contributed by atoms with Crippen molar-refractivity contribution in [2.75, 3.05) is 39.8 Å². The van der Waals surface area contributed by atoms with E-state index in [-0.39, 0.29) is 0 Å². The first kappa shape index (κ1) is 16.9. The van der Waals surface area contributed by atoms with Crippen molar-refractivity contribution in [2.45, 2.75) is 39.5 Å². The average Bonchev–Trinajstić information content (AvgIpc) is 2.59. The lowest BCUT2D eigenvalue weighted by Crippen LogP contribution is -2.43. The van der Waals surface area contributed by atoms with Gasteiger partial charge in [-0.25, -0.2) is 0 Å². The molecule has 1 unspecified atom stereocenters. The Hall–Kier alpha value is -0.170. The van der Waals surface area contributed by atoms with Gasteiger partial charge < -0.3 is 5.32 Å². The third-order valence-corrected chi connectivity index (χ3v) is 5.76. The van der Waals surface area contributed by atoms with E-state index in [4.69, 9.17) is 0 Å². The quantitative estimate of drug-likeness (QED) is 0.719. The zero-order valence-corrected chi connectivity index (χ0v) is 13.4. The van der Waals surface area contributed by atoms with Gasteiger partial charge in [-0.2, -0.15) is 17.0 Å². The minimum atomic E-state index is -3.26. The Morgan fingerprint density at radius 3 is 2.74 bits per heavy atom. The summed E-state index contributed by atoms with van der Waals surface area (Å²) >= 11 is 0. The summed E-state index contributed by atoms with van der Waals surface area (Å²) in [5, 5.41) is 3.22. The molecule has 0 spiro atoms. The Bertz CT molecular complexity index is 346. The molecule has 0 amide bonds. The van der Waals surface area contributed by atoms with Crippen LogP contribution in [-0.4, -0.2) is 56.8 Å². The minimum absolute atomic E-state index is 0.585. The van der Waals surface area contributed by atoms with Crippen molar-refractivity contribution in [3.05, 3.63) is 0 Å². The van der Waals surface area contributed by atoms with Crippen LogP contribution in [0.1, 0.15) is 39.5 Å². The van der Waals surface area contributed by atoms with Crippen molar-refractivity contribution in [3.8, 4) is 0 Å². The number of hydrogen-bond donors (Lipinski definition) is 1. The van der Waals surface area contributed by atoms with Gasteiger partial charge >= 0.3 is 0 Å². The highest BCUT2D eigenvalue weighted by molar-refractivity contribution is 7.86. The van der Waals surface area contributed by atoms with Crippen LogP contribution in [0.2, 0.25) is 0 Å². The van der Waals surface area contributed by atoms with Crippen LogP contribution < -0.4 is 5.32 Å². The molecule has 19 heavy (non-hydrogen) atoms. The summed E-state index contributed by atoms with van der Waals surface area (Å²) in [4.78, 5) is 0. The van der Waals surface area contributed by atoms with E-state index in [1.54, 1.807) is 11.4 Å². The summed E-state index contributed by atoms with van der Waals surface area (Å²) in [6, 6.07) is 0. The smallest absolute Gasteiger partial charge is 0.281 e. The second-order valence-corrected chi connectivity index (χ2v) is 7.51. The van der Waals surface area contributed by atoms with Crippen LogP contribution in [0.15, 0.2) is 0 Å². The Balaban J connectivity index is 2.48. The fraction of sp³-hybridized carbons (Fsp3) is 1.00. The molecule has 1 aliphatic heterocycles. The molecular formula is C13H29N3O2S. The second kappa shape index (κ2) is 8.19. The van der Waals surface area contributed by atoms with Crippen LogP contribution >= 0.6 is 0 Å². The molecule has 1 rings (SSSR count). The predicted molar refractivity (Wildman–Crippen MR) is 79.3 cm³/mol. The molecule has 0 aromatic heterocycles. The van der Waals surface area contributed by atoms with E-state index in [9.17, 15) is 8.42 Å². The zero-order valence-electron chi connectivity index (χ0n) is 12.6. The molecule has 0 aromatic carbocycles. The van der Waals surface area contributed by atoms with Crippen LogP contribution in [0.3, 0.4) is 0 Å². The van der Waals surface area contributed by atoms with Gasteiger partial charge in [-0.1, -0.05) is 13.8 Å². The van der Waals surface area contributed by atoms with E-state index >= 15 is 0 Å². The lowest BCUT2D eigenvalue weighted by molar-refractivity contribution is 0.359. The van der Waals surface area contributed by atoms with E-state index in [0.29, 0.717) is 25.6 Å². The predicted octanol–water partition coefficient (Wildman–Crippen LogP) is 1.28. The highest BCUT2D eigenvalue weighted by atomic mass is 32.2. The average molecular weight is 291 g/mol. The van der Waals surface area contributed by atoms with Gasteiger partial charge in [-0.15, -0.1) is 0 Å². The lowest BCUT2D eigenvalue weighted by atomic mass is 10.0. The fourth-order valence-electron chi connectivity index (χ4n) is 2.38. The first-order valence-electron chi connectivity index (χ1n) is 7.40. The first-order chi connectivity index (χ1) is 8.98. The van der Waals surface area contributed by atoms with Gasteiger partial charge in [0.1, 0.15) is 0 Å². The van der Waals surface area contributed by atoms with Crippen molar-refractivity contribution in [1.29, 1.82) is 0 Å². The summed E-state index contributed by atoms with van der Waals surface area (Å²) in [6.45, 7) is 7.98. The van der Waals surface area contributed by atoms with Gasteiger partial charge in [-0.3, -0.25) is 0 Å². The summed E-state index contributed by atoms with van der Waals surface area (Å²) in [6.07, 6.45) is 3.94. The Morgan fingerprint density at radius 2 is 2.05 bits per heavy atom. The fourth-order valence-corrected chi connectivity index (χ4v) is 3.83. The normalized spacial score (nSPS) is 22.6. The molecule has 1 atom stereocenters. The molecular weight excluding hydrogens is 262 g/mol. The number of hydrogen-bond acceptors (Lipinski definition) is 3. The van der Waals surface area contributed by atoms with E-state index in [1.165, 1.54) is 4.31 Å². The van der Waals surface area contributed by atoms with Crippen LogP contribution in [0.25, 0.3) is 0 Å². The first-order valence-corrected chi connectivity index (χ1v) is 8.80. The highest BCUT2D eigenvalue weighted by Gasteiger charge is 2.28. The summed E-state index contributed by atoms with van der Waals surface area (Å²) in [7, 11) is -1.57. The SMILES string of the molecule is CCNCCCN(C)S(=O)(=O)N1CCCC(C)CC1. The van der Waals surface area contributed by atoms with Gasteiger partial charge in [0.2, 0.25) is 0 Å². The standard InChI is InChI=1S/C13H29N3O2S/c1-4-14-9-6-10-15(3)19(17,18)16-11-5-7-13(2)8-12-16/h13-14H,4-12H2,1-3H3. The Morgan fingerprint density at radius 1 is 1.32 bits per heavy atom. The third-order valence-electron chi connectivity index (χ3n) is 3.77. The van der Waals surface area contributed by atoms with Gasteiger partial charge in [0.15, 0.2) is 0 Å². The molecule has 0 aromatic rings. The molecule has 114 valence electrons. The molecule has 0 aliphatic carbocycles. The maximum atomic E-state index is 12.4. The second-order valence-electron chi connectivity index (χ2n) is 5.47. The molecule has 6 heteroatoms. The number of nitrogens with zero attached hydrogens (tertiary/aromatic N) is 2. The van der Waals surface area contributed by atoms with Gasteiger partial charge in [0.05, 0.1) is 0 Å². The maximum absolute atomic E-state index is 12.4. The van der Waals surface area contributed by atoms with Gasteiger partial charge in [0, 0.05) is 26.7 Å². The van der Waals surface area contributed by atoms with E-state index in [2.05, 4.69) is 19.2 Å². The molecule has 1 heterocycles.